The van der Waals surface area contributed by atoms with Crippen molar-refractivity contribution in [1.29, 1.82) is 0 Å². The highest BCUT2D eigenvalue weighted by Gasteiger charge is 2.10. The number of halogens is 1. The lowest BCUT2D eigenvalue weighted by Gasteiger charge is -2.09. The van der Waals surface area contributed by atoms with Gasteiger partial charge < -0.3 is 0 Å². The first kappa shape index (κ1) is 16.6. The molecule has 0 fully saturated rings. The van der Waals surface area contributed by atoms with Crippen LogP contribution in [0.2, 0.25) is 0 Å². The Morgan fingerprint density at radius 1 is 0.955 bits per heavy atom. The molecule has 0 saturated carbocycles. The Labute approximate surface area is 132 Å². The monoisotopic (exact) mass is 300 g/mol. The van der Waals surface area contributed by atoms with E-state index in [0.29, 0.717) is 5.56 Å². The van der Waals surface area contributed by atoms with Crippen LogP contribution in [0, 0.1) is 5.82 Å². The molecule has 0 bridgehead atoms. The second kappa shape index (κ2) is 9.29. The first-order valence-corrected chi connectivity index (χ1v) is 8.36. The molecule has 2 rings (SSSR count). The van der Waals surface area contributed by atoms with Crippen LogP contribution in [-0.2, 0) is 6.42 Å². The molecule has 1 aromatic carbocycles. The van der Waals surface area contributed by atoms with E-state index in [1.54, 1.807) is 12.1 Å². The van der Waals surface area contributed by atoms with E-state index in [-0.39, 0.29) is 5.82 Å². The van der Waals surface area contributed by atoms with Crippen LogP contribution in [0.5, 0.6) is 0 Å². The molecule has 0 amide bonds. The Morgan fingerprint density at radius 2 is 1.68 bits per heavy atom. The summed E-state index contributed by atoms with van der Waals surface area (Å²) in [5.74, 6) is -0.220. The fourth-order valence-electron chi connectivity index (χ4n) is 2.71. The van der Waals surface area contributed by atoms with E-state index in [1.807, 2.05) is 12.3 Å². The van der Waals surface area contributed by atoms with Crippen LogP contribution in [0.15, 0.2) is 36.8 Å². The maximum atomic E-state index is 14.0. The van der Waals surface area contributed by atoms with Crippen molar-refractivity contribution in [3.8, 4) is 11.3 Å². The normalized spacial score (nSPS) is 10.8. The summed E-state index contributed by atoms with van der Waals surface area (Å²) in [4.78, 5) is 8.40. The summed E-state index contributed by atoms with van der Waals surface area (Å²) >= 11 is 0. The molecule has 0 aliphatic carbocycles. The lowest BCUT2D eigenvalue weighted by molar-refractivity contribution is 0.588. The van der Waals surface area contributed by atoms with Gasteiger partial charge in [0.1, 0.15) is 12.1 Å². The zero-order chi connectivity index (χ0) is 15.6. The standard InChI is InChI=1S/C19H25FN2/c1-2-3-4-5-6-7-8-11-16-14-21-15-22-19(16)17-12-9-10-13-18(17)20/h9-10,12-15H,2-8,11H2,1H3. The summed E-state index contributed by atoms with van der Waals surface area (Å²) in [5, 5.41) is 0. The van der Waals surface area contributed by atoms with Crippen LogP contribution in [-0.4, -0.2) is 9.97 Å². The van der Waals surface area contributed by atoms with E-state index in [0.717, 1.165) is 24.1 Å². The number of aryl methyl sites for hydroxylation is 1. The van der Waals surface area contributed by atoms with Gasteiger partial charge in [-0.3, -0.25) is 0 Å². The Balaban J connectivity index is 1.91. The number of aromatic nitrogens is 2. The average Bonchev–Trinajstić information content (AvgIpc) is 2.55. The topological polar surface area (TPSA) is 25.8 Å². The van der Waals surface area contributed by atoms with Crippen molar-refractivity contribution in [1.82, 2.24) is 9.97 Å². The van der Waals surface area contributed by atoms with Crippen LogP contribution in [0.1, 0.15) is 57.4 Å². The smallest absolute Gasteiger partial charge is 0.132 e. The van der Waals surface area contributed by atoms with Crippen molar-refractivity contribution in [2.24, 2.45) is 0 Å². The van der Waals surface area contributed by atoms with Crippen molar-refractivity contribution in [2.45, 2.75) is 58.3 Å². The fraction of sp³-hybridized carbons (Fsp3) is 0.474. The van der Waals surface area contributed by atoms with Gasteiger partial charge in [-0.1, -0.05) is 57.6 Å². The molecule has 2 aromatic rings. The van der Waals surface area contributed by atoms with Crippen molar-refractivity contribution < 1.29 is 4.39 Å². The molecule has 0 N–H and O–H groups in total. The predicted molar refractivity (Wildman–Crippen MR) is 89.1 cm³/mol. The largest absolute Gasteiger partial charge is 0.244 e. The number of hydrogen-bond donors (Lipinski definition) is 0. The van der Waals surface area contributed by atoms with Gasteiger partial charge in [-0.2, -0.15) is 0 Å². The summed E-state index contributed by atoms with van der Waals surface area (Å²) in [6.45, 7) is 2.24. The van der Waals surface area contributed by atoms with Crippen LogP contribution in [0.3, 0.4) is 0 Å². The lowest BCUT2D eigenvalue weighted by Crippen LogP contribution is -1.97. The van der Waals surface area contributed by atoms with Gasteiger partial charge in [-0.25, -0.2) is 14.4 Å². The Hall–Kier alpha value is -1.77. The summed E-state index contributed by atoms with van der Waals surface area (Å²) in [7, 11) is 0. The molecule has 0 saturated heterocycles. The molecule has 0 radical (unpaired) electrons. The van der Waals surface area contributed by atoms with Crippen LogP contribution >= 0.6 is 0 Å². The van der Waals surface area contributed by atoms with Gasteiger partial charge in [-0.15, -0.1) is 0 Å². The number of rotatable bonds is 9. The van der Waals surface area contributed by atoms with Gasteiger partial charge in [-0.05, 0) is 30.5 Å². The minimum Gasteiger partial charge on any atom is -0.244 e. The van der Waals surface area contributed by atoms with E-state index in [2.05, 4.69) is 16.9 Å². The third-order valence-corrected chi connectivity index (χ3v) is 3.97. The van der Waals surface area contributed by atoms with Crippen molar-refractivity contribution in [3.63, 3.8) is 0 Å². The molecule has 2 nitrogen and oxygen atoms in total. The minimum atomic E-state index is -0.220. The Bertz CT molecular complexity index is 569. The molecule has 0 spiro atoms. The number of nitrogens with zero attached hydrogens (tertiary/aromatic N) is 2. The molecule has 1 heterocycles. The third kappa shape index (κ3) is 4.90. The molecule has 1 aromatic heterocycles. The van der Waals surface area contributed by atoms with Crippen LogP contribution in [0.25, 0.3) is 11.3 Å². The zero-order valence-electron chi connectivity index (χ0n) is 13.4. The second-order valence-electron chi connectivity index (χ2n) is 5.75. The summed E-state index contributed by atoms with van der Waals surface area (Å²) < 4.78 is 14.0. The zero-order valence-corrected chi connectivity index (χ0v) is 13.4. The van der Waals surface area contributed by atoms with Crippen LogP contribution in [0.4, 0.5) is 4.39 Å². The third-order valence-electron chi connectivity index (χ3n) is 3.97. The van der Waals surface area contributed by atoms with Crippen molar-refractivity contribution in [3.05, 3.63) is 48.2 Å². The number of hydrogen-bond acceptors (Lipinski definition) is 2. The fourth-order valence-corrected chi connectivity index (χ4v) is 2.71. The van der Waals surface area contributed by atoms with Crippen molar-refractivity contribution >= 4 is 0 Å². The van der Waals surface area contributed by atoms with Gasteiger partial charge >= 0.3 is 0 Å². The number of unbranched alkanes of at least 4 members (excludes halogenated alkanes) is 6. The van der Waals surface area contributed by atoms with Gasteiger partial charge in [0.15, 0.2) is 0 Å². The minimum absolute atomic E-state index is 0.220. The highest BCUT2D eigenvalue weighted by atomic mass is 19.1. The molecule has 0 unspecified atom stereocenters. The first-order chi connectivity index (χ1) is 10.8. The lowest BCUT2D eigenvalue weighted by atomic mass is 10.0. The highest BCUT2D eigenvalue weighted by Crippen LogP contribution is 2.24. The SMILES string of the molecule is CCCCCCCCCc1cncnc1-c1ccccc1F. The maximum Gasteiger partial charge on any atom is 0.132 e. The molecule has 0 aliphatic rings. The molecular weight excluding hydrogens is 275 g/mol. The van der Waals surface area contributed by atoms with Gasteiger partial charge in [0.25, 0.3) is 0 Å². The average molecular weight is 300 g/mol. The van der Waals surface area contributed by atoms with E-state index >= 15 is 0 Å². The predicted octanol–water partition coefficient (Wildman–Crippen LogP) is 5.58. The molecule has 22 heavy (non-hydrogen) atoms. The highest BCUT2D eigenvalue weighted by molar-refractivity contribution is 5.63. The summed E-state index contributed by atoms with van der Waals surface area (Å²) in [6, 6.07) is 6.81. The molecule has 0 atom stereocenters. The van der Waals surface area contributed by atoms with Gasteiger partial charge in [0.05, 0.1) is 5.69 Å². The first-order valence-electron chi connectivity index (χ1n) is 8.36. The van der Waals surface area contributed by atoms with Crippen molar-refractivity contribution in [2.75, 3.05) is 0 Å². The van der Waals surface area contributed by atoms with Gasteiger partial charge in [0, 0.05) is 11.8 Å². The number of benzene rings is 1. The van der Waals surface area contributed by atoms with E-state index in [4.69, 9.17) is 0 Å². The molecule has 118 valence electrons. The quantitative estimate of drug-likeness (QED) is 0.565. The van der Waals surface area contributed by atoms with E-state index < -0.39 is 0 Å². The van der Waals surface area contributed by atoms with E-state index in [9.17, 15) is 4.39 Å². The maximum absolute atomic E-state index is 14.0. The molecule has 0 aliphatic heterocycles. The Kier molecular flexibility index (Phi) is 7.01. The van der Waals surface area contributed by atoms with E-state index in [1.165, 1.54) is 50.9 Å². The molecular formula is C19H25FN2. The summed E-state index contributed by atoms with van der Waals surface area (Å²) in [6.07, 6.45) is 13.1. The summed E-state index contributed by atoms with van der Waals surface area (Å²) in [5.41, 5.74) is 2.35. The van der Waals surface area contributed by atoms with Gasteiger partial charge in [0.2, 0.25) is 0 Å². The van der Waals surface area contributed by atoms with Crippen LogP contribution < -0.4 is 0 Å². The second-order valence-corrected chi connectivity index (χ2v) is 5.75. The Morgan fingerprint density at radius 3 is 2.45 bits per heavy atom. The molecule has 3 heteroatoms.